The number of rotatable bonds is 2. The summed E-state index contributed by atoms with van der Waals surface area (Å²) in [5, 5.41) is 0. The first-order valence-electron chi connectivity index (χ1n) is 5.10. The van der Waals surface area contributed by atoms with Gasteiger partial charge in [-0.2, -0.15) is 0 Å². The predicted octanol–water partition coefficient (Wildman–Crippen LogP) is 3.24. The van der Waals surface area contributed by atoms with Gasteiger partial charge in [-0.15, -0.1) is 0 Å². The highest BCUT2D eigenvalue weighted by molar-refractivity contribution is 6.04. The molecule has 0 saturated carbocycles. The van der Waals surface area contributed by atoms with Crippen molar-refractivity contribution in [3.63, 3.8) is 0 Å². The third-order valence-corrected chi connectivity index (χ3v) is 2.54. The second-order valence-corrected chi connectivity index (χ2v) is 3.70. The number of hydrogen-bond acceptors (Lipinski definition) is 1. The summed E-state index contributed by atoms with van der Waals surface area (Å²) in [6.45, 7) is 5.13. The smallest absolute Gasteiger partial charge is 0.0649 e. The van der Waals surface area contributed by atoms with Crippen LogP contribution in [-0.4, -0.2) is 12.3 Å². The van der Waals surface area contributed by atoms with Crippen molar-refractivity contribution in [1.82, 2.24) is 0 Å². The minimum Gasteiger partial charge on any atom is -0.285 e. The summed E-state index contributed by atoms with van der Waals surface area (Å²) in [5.41, 5.74) is 5.21. The van der Waals surface area contributed by atoms with E-state index in [0.717, 1.165) is 13.0 Å². The first-order chi connectivity index (χ1) is 6.79. The third kappa shape index (κ3) is 1.77. The summed E-state index contributed by atoms with van der Waals surface area (Å²) in [7, 11) is 0. The largest absolute Gasteiger partial charge is 0.285 e. The van der Waals surface area contributed by atoms with Crippen LogP contribution in [0.5, 0.6) is 0 Å². The number of allylic oxidation sites excluding steroid dienone is 1. The Morgan fingerprint density at radius 1 is 1.36 bits per heavy atom. The van der Waals surface area contributed by atoms with Crippen molar-refractivity contribution < 1.29 is 0 Å². The fourth-order valence-electron chi connectivity index (χ4n) is 1.71. The van der Waals surface area contributed by atoms with E-state index < -0.39 is 0 Å². The van der Waals surface area contributed by atoms with E-state index >= 15 is 0 Å². The number of aliphatic imine (C=N–C) groups is 1. The summed E-state index contributed by atoms with van der Waals surface area (Å²) in [6, 6.07) is 8.61. The highest BCUT2D eigenvalue weighted by Gasteiger charge is 2.08. The van der Waals surface area contributed by atoms with Crippen LogP contribution in [0, 0.1) is 6.92 Å². The van der Waals surface area contributed by atoms with Crippen molar-refractivity contribution in [2.24, 2.45) is 4.99 Å². The van der Waals surface area contributed by atoms with Gasteiger partial charge in [-0.05, 0) is 30.6 Å². The Balaban J connectivity index is 2.27. The van der Waals surface area contributed by atoms with Crippen LogP contribution in [0.25, 0.3) is 5.57 Å². The molecule has 1 aliphatic heterocycles. The van der Waals surface area contributed by atoms with Crippen LogP contribution in [0.3, 0.4) is 0 Å². The maximum atomic E-state index is 4.47. The molecule has 0 amide bonds. The Hall–Kier alpha value is -1.37. The summed E-state index contributed by atoms with van der Waals surface area (Å²) in [4.78, 5) is 4.47. The molecule has 14 heavy (non-hydrogen) atoms. The van der Waals surface area contributed by atoms with Crippen molar-refractivity contribution in [2.75, 3.05) is 6.54 Å². The summed E-state index contributed by atoms with van der Waals surface area (Å²) in [5.74, 6) is 0. The molecule has 2 rings (SSSR count). The minimum absolute atomic E-state index is 0.854. The van der Waals surface area contributed by atoms with Gasteiger partial charge in [0, 0.05) is 5.71 Å². The van der Waals surface area contributed by atoms with Crippen LogP contribution in [0.2, 0.25) is 0 Å². The zero-order valence-electron chi connectivity index (χ0n) is 8.75. The highest BCUT2D eigenvalue weighted by atomic mass is 14.8. The van der Waals surface area contributed by atoms with Gasteiger partial charge in [0.15, 0.2) is 0 Å². The SMILES string of the molecule is CCC1=NCC(c2cccc(C)c2)=C1. The Morgan fingerprint density at radius 2 is 2.21 bits per heavy atom. The van der Waals surface area contributed by atoms with E-state index in [0.29, 0.717) is 0 Å². The maximum absolute atomic E-state index is 4.47. The van der Waals surface area contributed by atoms with Crippen LogP contribution in [0.15, 0.2) is 35.3 Å². The second kappa shape index (κ2) is 3.79. The lowest BCUT2D eigenvalue weighted by Crippen LogP contribution is -1.86. The molecule has 0 atom stereocenters. The van der Waals surface area contributed by atoms with Gasteiger partial charge in [-0.1, -0.05) is 36.8 Å². The lowest BCUT2D eigenvalue weighted by molar-refractivity contribution is 1.23. The average molecular weight is 185 g/mol. The van der Waals surface area contributed by atoms with Gasteiger partial charge in [0.1, 0.15) is 0 Å². The molecular formula is C13H15N. The first kappa shape index (κ1) is 9.20. The van der Waals surface area contributed by atoms with Crippen LogP contribution >= 0.6 is 0 Å². The molecule has 1 aromatic carbocycles. The zero-order chi connectivity index (χ0) is 9.97. The molecule has 0 fully saturated rings. The van der Waals surface area contributed by atoms with Gasteiger partial charge in [0.05, 0.1) is 6.54 Å². The van der Waals surface area contributed by atoms with Crippen molar-refractivity contribution in [2.45, 2.75) is 20.3 Å². The Morgan fingerprint density at radius 3 is 2.86 bits per heavy atom. The van der Waals surface area contributed by atoms with Crippen LogP contribution < -0.4 is 0 Å². The van der Waals surface area contributed by atoms with E-state index in [9.17, 15) is 0 Å². The van der Waals surface area contributed by atoms with Crippen LogP contribution in [0.1, 0.15) is 24.5 Å². The molecule has 0 aliphatic carbocycles. The van der Waals surface area contributed by atoms with Gasteiger partial charge < -0.3 is 0 Å². The van der Waals surface area contributed by atoms with E-state index in [4.69, 9.17) is 0 Å². The Bertz CT molecular complexity index is 399. The van der Waals surface area contributed by atoms with Gasteiger partial charge >= 0.3 is 0 Å². The number of benzene rings is 1. The van der Waals surface area contributed by atoms with E-state index in [1.807, 2.05) is 0 Å². The fraction of sp³-hybridized carbons (Fsp3) is 0.308. The van der Waals surface area contributed by atoms with Crippen molar-refractivity contribution in [1.29, 1.82) is 0 Å². The predicted molar refractivity (Wildman–Crippen MR) is 61.7 cm³/mol. The molecule has 1 aliphatic rings. The molecule has 0 saturated heterocycles. The van der Waals surface area contributed by atoms with Crippen molar-refractivity contribution in [3.8, 4) is 0 Å². The van der Waals surface area contributed by atoms with Gasteiger partial charge in [0.2, 0.25) is 0 Å². The molecule has 1 aromatic rings. The van der Waals surface area contributed by atoms with E-state index in [2.05, 4.69) is 49.2 Å². The lowest BCUT2D eigenvalue weighted by Gasteiger charge is -2.01. The fourth-order valence-corrected chi connectivity index (χ4v) is 1.71. The quantitative estimate of drug-likeness (QED) is 0.670. The molecule has 0 aromatic heterocycles. The summed E-state index contributed by atoms with van der Waals surface area (Å²) in [6.07, 6.45) is 3.25. The average Bonchev–Trinajstić information content (AvgIpc) is 2.66. The monoisotopic (exact) mass is 185 g/mol. The van der Waals surface area contributed by atoms with Gasteiger partial charge in [-0.3, -0.25) is 4.99 Å². The van der Waals surface area contributed by atoms with Crippen molar-refractivity contribution in [3.05, 3.63) is 41.5 Å². The molecule has 1 heterocycles. The van der Waals surface area contributed by atoms with Crippen LogP contribution in [0.4, 0.5) is 0 Å². The zero-order valence-corrected chi connectivity index (χ0v) is 8.75. The summed E-state index contributed by atoms with van der Waals surface area (Å²) < 4.78 is 0. The molecule has 72 valence electrons. The normalized spacial score (nSPS) is 15.3. The topological polar surface area (TPSA) is 12.4 Å². The third-order valence-electron chi connectivity index (χ3n) is 2.54. The van der Waals surface area contributed by atoms with Crippen molar-refractivity contribution >= 4 is 11.3 Å². The number of nitrogens with zero attached hydrogens (tertiary/aromatic N) is 1. The van der Waals surface area contributed by atoms with Crippen LogP contribution in [-0.2, 0) is 0 Å². The van der Waals surface area contributed by atoms with E-state index in [1.54, 1.807) is 0 Å². The molecule has 0 unspecified atom stereocenters. The lowest BCUT2D eigenvalue weighted by atomic mass is 10.0. The standard InChI is InChI=1S/C13H15N/c1-3-13-8-12(9-14-13)11-6-4-5-10(2)7-11/h4-8H,3,9H2,1-2H3. The number of aryl methyl sites for hydroxylation is 1. The first-order valence-corrected chi connectivity index (χ1v) is 5.10. The molecule has 0 N–H and O–H groups in total. The van der Waals surface area contributed by atoms with Gasteiger partial charge in [0.25, 0.3) is 0 Å². The van der Waals surface area contributed by atoms with E-state index in [-0.39, 0.29) is 0 Å². The highest BCUT2D eigenvalue weighted by Crippen LogP contribution is 2.20. The minimum atomic E-state index is 0.854. The maximum Gasteiger partial charge on any atom is 0.0649 e. The molecular weight excluding hydrogens is 170 g/mol. The molecule has 1 nitrogen and oxygen atoms in total. The molecule has 0 radical (unpaired) electrons. The van der Waals surface area contributed by atoms with E-state index in [1.165, 1.54) is 22.4 Å². The molecule has 1 heteroatoms. The molecule has 0 bridgehead atoms. The number of hydrogen-bond donors (Lipinski definition) is 0. The molecule has 0 spiro atoms. The Labute approximate surface area is 85.2 Å². The Kier molecular flexibility index (Phi) is 2.49. The summed E-state index contributed by atoms with van der Waals surface area (Å²) >= 11 is 0. The second-order valence-electron chi connectivity index (χ2n) is 3.70. The van der Waals surface area contributed by atoms with Gasteiger partial charge in [-0.25, -0.2) is 0 Å².